The first-order chi connectivity index (χ1) is 12.4. The van der Waals surface area contributed by atoms with Gasteiger partial charge in [0, 0.05) is 24.2 Å². The summed E-state index contributed by atoms with van der Waals surface area (Å²) in [6.45, 7) is 1.73. The second-order valence-electron chi connectivity index (χ2n) is 5.38. The topological polar surface area (TPSA) is 123 Å². The number of likely N-dealkylation sites (N-methyl/N-ethyl adjacent to an activating group) is 1. The van der Waals surface area contributed by atoms with Gasteiger partial charge >= 0.3 is 6.03 Å². The Kier molecular flexibility index (Phi) is 4.36. The second kappa shape index (κ2) is 6.63. The number of urea groups is 1. The largest absolute Gasteiger partial charge is 0.457 e. The molecule has 2 aromatic rings. The fourth-order valence-corrected chi connectivity index (χ4v) is 2.48. The predicted octanol–water partition coefficient (Wildman–Crippen LogP) is 2.34. The van der Waals surface area contributed by atoms with Gasteiger partial charge in [0.05, 0.1) is 4.92 Å². The Balaban J connectivity index is 1.92. The quantitative estimate of drug-likeness (QED) is 0.389. The summed E-state index contributed by atoms with van der Waals surface area (Å²) in [7, 11) is 0. The van der Waals surface area contributed by atoms with Gasteiger partial charge in [-0.1, -0.05) is 12.1 Å². The highest BCUT2D eigenvalue weighted by Crippen LogP contribution is 2.27. The normalized spacial score (nSPS) is 16.1. The van der Waals surface area contributed by atoms with Crippen molar-refractivity contribution in [1.29, 1.82) is 0 Å². The van der Waals surface area contributed by atoms with Crippen molar-refractivity contribution in [3.8, 4) is 11.3 Å². The molecule has 0 radical (unpaired) electrons. The molecule has 0 bridgehead atoms. The van der Waals surface area contributed by atoms with Crippen molar-refractivity contribution in [2.24, 2.45) is 0 Å². The number of rotatable bonds is 4. The number of hydrogen-bond donors (Lipinski definition) is 1. The van der Waals surface area contributed by atoms with Gasteiger partial charge in [-0.05, 0) is 25.1 Å². The van der Waals surface area contributed by atoms with Gasteiger partial charge in [0.1, 0.15) is 17.1 Å². The van der Waals surface area contributed by atoms with Crippen molar-refractivity contribution < 1.29 is 23.7 Å². The van der Waals surface area contributed by atoms with Gasteiger partial charge in [0.25, 0.3) is 17.5 Å². The van der Waals surface area contributed by atoms with Crippen molar-refractivity contribution in [2.45, 2.75) is 6.92 Å². The van der Waals surface area contributed by atoms with Crippen LogP contribution in [-0.4, -0.2) is 34.2 Å². The number of carbonyl (C=O) groups excluding carboxylic acids is 3. The van der Waals surface area contributed by atoms with Crippen molar-refractivity contribution in [1.82, 2.24) is 10.2 Å². The van der Waals surface area contributed by atoms with Gasteiger partial charge in [-0.2, -0.15) is 0 Å². The van der Waals surface area contributed by atoms with Crippen LogP contribution >= 0.6 is 0 Å². The molecule has 9 heteroatoms. The van der Waals surface area contributed by atoms with Crippen LogP contribution in [0.15, 0.2) is 46.4 Å². The van der Waals surface area contributed by atoms with Crippen molar-refractivity contribution in [2.75, 3.05) is 6.54 Å². The molecule has 0 aliphatic carbocycles. The Hall–Kier alpha value is -3.75. The van der Waals surface area contributed by atoms with Crippen LogP contribution in [-0.2, 0) is 9.59 Å². The van der Waals surface area contributed by atoms with E-state index in [2.05, 4.69) is 5.32 Å². The third-order valence-corrected chi connectivity index (χ3v) is 3.76. The Morgan fingerprint density at radius 2 is 2.00 bits per heavy atom. The lowest BCUT2D eigenvalue weighted by Crippen LogP contribution is -2.53. The number of furan rings is 1. The maximum Gasteiger partial charge on any atom is 0.331 e. The minimum atomic E-state index is -0.807. The monoisotopic (exact) mass is 355 g/mol. The summed E-state index contributed by atoms with van der Waals surface area (Å²) in [5.74, 6) is -0.976. The van der Waals surface area contributed by atoms with Crippen LogP contribution in [0, 0.1) is 10.1 Å². The summed E-state index contributed by atoms with van der Waals surface area (Å²) in [5.41, 5.74) is 0.165. The van der Waals surface area contributed by atoms with E-state index in [1.165, 1.54) is 30.3 Å². The predicted molar refractivity (Wildman–Crippen MR) is 89.7 cm³/mol. The molecule has 0 spiro atoms. The highest BCUT2D eigenvalue weighted by molar-refractivity contribution is 6.30. The van der Waals surface area contributed by atoms with Crippen LogP contribution in [0.1, 0.15) is 12.7 Å². The van der Waals surface area contributed by atoms with E-state index in [0.29, 0.717) is 11.3 Å². The summed E-state index contributed by atoms with van der Waals surface area (Å²) in [4.78, 5) is 47.0. The van der Waals surface area contributed by atoms with E-state index in [4.69, 9.17) is 4.42 Å². The molecule has 1 fully saturated rings. The smallest absolute Gasteiger partial charge is 0.331 e. The van der Waals surface area contributed by atoms with Crippen LogP contribution in [0.5, 0.6) is 0 Å². The fourth-order valence-electron chi connectivity index (χ4n) is 2.48. The molecule has 0 unspecified atom stereocenters. The van der Waals surface area contributed by atoms with E-state index in [1.807, 2.05) is 0 Å². The molecule has 1 aromatic heterocycles. The Morgan fingerprint density at radius 3 is 2.69 bits per heavy atom. The second-order valence-corrected chi connectivity index (χ2v) is 5.38. The Labute approximate surface area is 147 Å². The van der Waals surface area contributed by atoms with Gasteiger partial charge in [-0.15, -0.1) is 0 Å². The zero-order valence-electron chi connectivity index (χ0n) is 13.6. The number of amides is 4. The number of hydrogen-bond acceptors (Lipinski definition) is 6. The summed E-state index contributed by atoms with van der Waals surface area (Å²) >= 11 is 0. The van der Waals surface area contributed by atoms with Crippen LogP contribution < -0.4 is 5.32 Å². The first kappa shape index (κ1) is 17.1. The maximum absolute atomic E-state index is 12.2. The first-order valence-electron chi connectivity index (χ1n) is 7.64. The zero-order chi connectivity index (χ0) is 18.8. The Morgan fingerprint density at radius 1 is 1.23 bits per heavy atom. The number of nitrogens with zero attached hydrogens (tertiary/aromatic N) is 2. The number of carbonyl (C=O) groups is 3. The van der Waals surface area contributed by atoms with Gasteiger partial charge < -0.3 is 4.42 Å². The number of nitrogens with one attached hydrogen (secondary N) is 1. The molecule has 4 amide bonds. The third-order valence-electron chi connectivity index (χ3n) is 3.76. The van der Waals surface area contributed by atoms with E-state index < -0.39 is 22.8 Å². The minimum absolute atomic E-state index is 0.0854. The van der Waals surface area contributed by atoms with Crippen molar-refractivity contribution >= 4 is 29.6 Å². The first-order valence-corrected chi connectivity index (χ1v) is 7.64. The molecule has 1 saturated heterocycles. The van der Waals surface area contributed by atoms with Crippen LogP contribution in [0.4, 0.5) is 10.5 Å². The number of benzene rings is 1. The third kappa shape index (κ3) is 3.09. The van der Waals surface area contributed by atoms with Crippen molar-refractivity contribution in [3.05, 3.63) is 57.8 Å². The summed E-state index contributed by atoms with van der Waals surface area (Å²) in [6.07, 6.45) is 1.23. The van der Waals surface area contributed by atoms with Crippen LogP contribution in [0.2, 0.25) is 0 Å². The molecule has 1 aliphatic rings. The number of non-ortho nitro benzene ring substituents is 1. The van der Waals surface area contributed by atoms with Crippen LogP contribution in [0.25, 0.3) is 17.4 Å². The van der Waals surface area contributed by atoms with Gasteiger partial charge in [-0.3, -0.25) is 29.9 Å². The molecule has 26 heavy (non-hydrogen) atoms. The molecule has 1 aliphatic heterocycles. The van der Waals surface area contributed by atoms with Gasteiger partial charge in [0.2, 0.25) is 0 Å². The fraction of sp³-hybridized carbons (Fsp3) is 0.118. The SMILES string of the molecule is CCN1C(=O)NC(=O)/C(=C\c2ccc(-c3cccc([N+](=O)[O-])c3)o2)C1=O. The van der Waals surface area contributed by atoms with E-state index >= 15 is 0 Å². The molecule has 1 aromatic carbocycles. The Bertz CT molecular complexity index is 959. The van der Waals surface area contributed by atoms with E-state index in [-0.39, 0.29) is 23.6 Å². The standard InChI is InChI=1S/C17H13N3O6/c1-2-19-16(22)13(15(21)18-17(19)23)9-12-6-7-14(26-12)10-4-3-5-11(8-10)20(24)25/h3-9H,2H2,1H3,(H,18,21,23)/b13-9+. The van der Waals surface area contributed by atoms with Crippen LogP contribution in [0.3, 0.4) is 0 Å². The summed E-state index contributed by atoms with van der Waals surface area (Å²) < 4.78 is 5.56. The molecular weight excluding hydrogens is 342 g/mol. The molecule has 9 nitrogen and oxygen atoms in total. The lowest BCUT2D eigenvalue weighted by Gasteiger charge is -2.24. The zero-order valence-corrected chi connectivity index (χ0v) is 13.6. The molecular formula is C17H13N3O6. The number of imide groups is 2. The van der Waals surface area contributed by atoms with E-state index in [0.717, 1.165) is 4.90 Å². The minimum Gasteiger partial charge on any atom is -0.457 e. The van der Waals surface area contributed by atoms with Gasteiger partial charge in [0.15, 0.2) is 0 Å². The highest BCUT2D eigenvalue weighted by atomic mass is 16.6. The molecule has 0 saturated carbocycles. The number of nitro benzene ring substituents is 1. The molecule has 2 heterocycles. The lowest BCUT2D eigenvalue weighted by atomic mass is 10.1. The van der Waals surface area contributed by atoms with Crippen molar-refractivity contribution in [3.63, 3.8) is 0 Å². The average molecular weight is 355 g/mol. The maximum atomic E-state index is 12.2. The lowest BCUT2D eigenvalue weighted by molar-refractivity contribution is -0.384. The number of barbiturate groups is 1. The molecule has 0 atom stereocenters. The summed E-state index contributed by atoms with van der Waals surface area (Å²) in [5, 5.41) is 12.9. The summed E-state index contributed by atoms with van der Waals surface area (Å²) in [6, 6.07) is 8.20. The van der Waals surface area contributed by atoms with E-state index in [1.54, 1.807) is 19.1 Å². The molecule has 132 valence electrons. The highest BCUT2D eigenvalue weighted by Gasteiger charge is 2.34. The average Bonchev–Trinajstić information content (AvgIpc) is 3.07. The molecule has 3 rings (SSSR count). The number of nitro groups is 1. The van der Waals surface area contributed by atoms with E-state index in [9.17, 15) is 24.5 Å². The molecule has 1 N–H and O–H groups in total. The van der Waals surface area contributed by atoms with Gasteiger partial charge in [-0.25, -0.2) is 4.79 Å².